The maximum Gasteiger partial charge on any atom is 0.319 e. The number of amides is 3. The molecule has 2 rings (SSSR count). The van der Waals surface area contributed by atoms with Crippen LogP contribution in [0.1, 0.15) is 32.3 Å². The van der Waals surface area contributed by atoms with E-state index in [-0.39, 0.29) is 43.9 Å². The zero-order chi connectivity index (χ0) is 20.1. The summed E-state index contributed by atoms with van der Waals surface area (Å²) < 4.78 is 23.1. The largest absolute Gasteiger partial charge is 0.351 e. The van der Waals surface area contributed by atoms with Crippen molar-refractivity contribution in [2.24, 2.45) is 0 Å². The molecular weight excluding hydrogens is 404 g/mol. The molecule has 28 heavy (non-hydrogen) atoms. The molecule has 1 aromatic carbocycles. The Morgan fingerprint density at radius 2 is 1.71 bits per heavy atom. The summed E-state index contributed by atoms with van der Waals surface area (Å²) in [6, 6.07) is 6.78. The van der Waals surface area contributed by atoms with Gasteiger partial charge in [-0.15, -0.1) is 12.4 Å². The quantitative estimate of drug-likeness (QED) is 0.542. The van der Waals surface area contributed by atoms with Gasteiger partial charge in [-0.05, 0) is 57.5 Å². The summed E-state index contributed by atoms with van der Waals surface area (Å²) in [5.74, 6) is -0.454. The highest BCUT2D eigenvalue weighted by Gasteiger charge is 2.48. The van der Waals surface area contributed by atoms with Gasteiger partial charge in [0.1, 0.15) is 0 Å². The van der Waals surface area contributed by atoms with Crippen LogP contribution in [0.4, 0.5) is 10.5 Å². The van der Waals surface area contributed by atoms with Crippen LogP contribution >= 0.6 is 12.4 Å². The Morgan fingerprint density at radius 3 is 2.21 bits per heavy atom. The van der Waals surface area contributed by atoms with Crippen LogP contribution in [0.5, 0.6) is 0 Å². The molecule has 0 atom stereocenters. The molecule has 1 aliphatic heterocycles. The molecule has 3 amide bonds. The summed E-state index contributed by atoms with van der Waals surface area (Å²) in [5, 5.41) is 11.3. The number of urea groups is 1. The highest BCUT2D eigenvalue weighted by molar-refractivity contribution is 7.92. The highest BCUT2D eigenvalue weighted by Crippen LogP contribution is 2.28. The van der Waals surface area contributed by atoms with Gasteiger partial charge >= 0.3 is 6.03 Å². The third-order valence-electron chi connectivity index (χ3n) is 4.62. The third kappa shape index (κ3) is 6.08. The van der Waals surface area contributed by atoms with Crippen molar-refractivity contribution < 1.29 is 18.0 Å². The van der Waals surface area contributed by atoms with Gasteiger partial charge in [0.15, 0.2) is 14.6 Å². The summed E-state index contributed by atoms with van der Waals surface area (Å²) >= 11 is 0. The normalized spacial score (nSPS) is 16.0. The van der Waals surface area contributed by atoms with E-state index in [0.29, 0.717) is 18.8 Å². The number of hydrogen-bond acceptors (Lipinski definition) is 5. The van der Waals surface area contributed by atoms with Crippen molar-refractivity contribution in [2.75, 3.05) is 24.7 Å². The van der Waals surface area contributed by atoms with Crippen LogP contribution < -0.4 is 21.3 Å². The van der Waals surface area contributed by atoms with E-state index in [9.17, 15) is 18.0 Å². The fourth-order valence-corrected chi connectivity index (χ4v) is 4.43. The van der Waals surface area contributed by atoms with Crippen molar-refractivity contribution in [3.05, 3.63) is 29.8 Å². The lowest BCUT2D eigenvalue weighted by Crippen LogP contribution is -2.57. The van der Waals surface area contributed by atoms with E-state index in [4.69, 9.17) is 0 Å². The number of anilines is 1. The first-order chi connectivity index (χ1) is 12.6. The molecule has 0 saturated carbocycles. The van der Waals surface area contributed by atoms with Crippen molar-refractivity contribution >= 4 is 39.9 Å². The molecule has 1 aromatic rings. The van der Waals surface area contributed by atoms with E-state index in [1.54, 1.807) is 24.3 Å². The number of carbonyl (C=O) groups is 2. The van der Waals surface area contributed by atoms with Gasteiger partial charge in [0.2, 0.25) is 5.91 Å². The number of nitrogens with one attached hydrogen (secondary N) is 4. The molecule has 0 bridgehead atoms. The number of sulfone groups is 1. The molecule has 0 aliphatic carbocycles. The zero-order valence-corrected chi connectivity index (χ0v) is 18.0. The molecule has 10 heteroatoms. The predicted octanol–water partition coefficient (Wildman–Crippen LogP) is 1.42. The van der Waals surface area contributed by atoms with E-state index in [2.05, 4.69) is 21.3 Å². The van der Waals surface area contributed by atoms with Crippen LogP contribution in [0.15, 0.2) is 24.3 Å². The minimum absolute atomic E-state index is 0. The number of halogens is 1. The van der Waals surface area contributed by atoms with Gasteiger partial charge in [-0.2, -0.15) is 0 Å². The van der Waals surface area contributed by atoms with Gasteiger partial charge in [-0.1, -0.05) is 12.1 Å². The van der Waals surface area contributed by atoms with Crippen LogP contribution in [-0.2, 0) is 21.2 Å². The van der Waals surface area contributed by atoms with E-state index in [1.807, 2.05) is 13.8 Å². The fraction of sp³-hybridized carbons (Fsp3) is 0.556. The first-order valence-corrected chi connectivity index (χ1v) is 10.9. The Morgan fingerprint density at radius 1 is 1.14 bits per heavy atom. The lowest BCUT2D eigenvalue weighted by molar-refractivity contribution is -0.124. The molecule has 1 fully saturated rings. The monoisotopic (exact) mass is 432 g/mol. The summed E-state index contributed by atoms with van der Waals surface area (Å²) in [6.45, 7) is 4.97. The number of hydrogen-bond donors (Lipinski definition) is 4. The van der Waals surface area contributed by atoms with Crippen LogP contribution in [-0.4, -0.2) is 50.5 Å². The van der Waals surface area contributed by atoms with Crippen molar-refractivity contribution in [3.8, 4) is 0 Å². The first-order valence-electron chi connectivity index (χ1n) is 8.99. The van der Waals surface area contributed by atoms with Gasteiger partial charge < -0.3 is 21.3 Å². The highest BCUT2D eigenvalue weighted by atomic mass is 35.5. The van der Waals surface area contributed by atoms with Gasteiger partial charge in [-0.3, -0.25) is 4.79 Å². The average molecular weight is 433 g/mol. The minimum Gasteiger partial charge on any atom is -0.351 e. The molecule has 158 valence electrons. The molecule has 0 radical (unpaired) electrons. The van der Waals surface area contributed by atoms with Gasteiger partial charge in [0.05, 0.1) is 0 Å². The Hall–Kier alpha value is -1.84. The zero-order valence-electron chi connectivity index (χ0n) is 16.4. The van der Waals surface area contributed by atoms with E-state index in [0.717, 1.165) is 11.8 Å². The fourth-order valence-electron chi connectivity index (χ4n) is 3.08. The smallest absolute Gasteiger partial charge is 0.319 e. The van der Waals surface area contributed by atoms with Gasteiger partial charge in [0, 0.05) is 24.5 Å². The maximum atomic E-state index is 12.7. The number of benzene rings is 1. The Labute approximate surface area is 172 Å². The standard InChI is InChI=1S/C18H28N4O4S.ClH/c1-13(2)21-17(24)22-15-6-4-14(5-7-15)12-20-16(23)18(27(3,25)26)8-10-19-11-9-18;/h4-7,13,19H,8-12H2,1-3H3,(H,20,23)(H2,21,22,24);1H. The first kappa shape index (κ1) is 24.2. The van der Waals surface area contributed by atoms with Crippen LogP contribution in [0.2, 0.25) is 0 Å². The van der Waals surface area contributed by atoms with Crippen molar-refractivity contribution in [1.82, 2.24) is 16.0 Å². The molecule has 4 N–H and O–H groups in total. The molecule has 1 heterocycles. The van der Waals surface area contributed by atoms with Crippen molar-refractivity contribution in [1.29, 1.82) is 0 Å². The number of piperidine rings is 1. The van der Waals surface area contributed by atoms with E-state index < -0.39 is 20.5 Å². The summed E-state index contributed by atoms with van der Waals surface area (Å²) in [7, 11) is -3.53. The summed E-state index contributed by atoms with van der Waals surface area (Å²) in [4.78, 5) is 24.4. The van der Waals surface area contributed by atoms with Crippen molar-refractivity contribution in [2.45, 2.75) is 44.0 Å². The Balaban J connectivity index is 0.00000392. The van der Waals surface area contributed by atoms with E-state index >= 15 is 0 Å². The average Bonchev–Trinajstić information content (AvgIpc) is 2.59. The molecule has 0 spiro atoms. The van der Waals surface area contributed by atoms with Crippen molar-refractivity contribution in [3.63, 3.8) is 0 Å². The van der Waals surface area contributed by atoms with Gasteiger partial charge in [0.25, 0.3) is 0 Å². The topological polar surface area (TPSA) is 116 Å². The second kappa shape index (κ2) is 10.1. The number of carbonyl (C=O) groups excluding carboxylic acids is 2. The molecule has 8 nitrogen and oxygen atoms in total. The second-order valence-electron chi connectivity index (χ2n) is 7.15. The lowest BCUT2D eigenvalue weighted by atomic mass is 9.95. The SMILES string of the molecule is CC(C)NC(=O)Nc1ccc(CNC(=O)C2(S(C)(=O)=O)CCNCC2)cc1.Cl. The molecule has 0 unspecified atom stereocenters. The van der Waals surface area contributed by atoms with Crippen LogP contribution in [0.25, 0.3) is 0 Å². The summed E-state index contributed by atoms with van der Waals surface area (Å²) in [5.41, 5.74) is 1.45. The van der Waals surface area contributed by atoms with Crippen LogP contribution in [0.3, 0.4) is 0 Å². The minimum atomic E-state index is -3.53. The molecular formula is C18H29ClN4O4S. The number of rotatable bonds is 6. The molecule has 1 saturated heterocycles. The predicted molar refractivity (Wildman–Crippen MR) is 113 cm³/mol. The summed E-state index contributed by atoms with van der Waals surface area (Å²) in [6.07, 6.45) is 1.66. The molecule has 1 aliphatic rings. The van der Waals surface area contributed by atoms with E-state index in [1.165, 1.54) is 0 Å². The Bertz CT molecular complexity index is 775. The van der Waals surface area contributed by atoms with Crippen LogP contribution in [0, 0.1) is 0 Å². The van der Waals surface area contributed by atoms with Gasteiger partial charge in [-0.25, -0.2) is 13.2 Å². The third-order valence-corrected chi connectivity index (χ3v) is 6.63. The second-order valence-corrected chi connectivity index (χ2v) is 9.48. The lowest BCUT2D eigenvalue weighted by Gasteiger charge is -2.34. The molecule has 0 aromatic heterocycles. The maximum absolute atomic E-state index is 12.7. The Kier molecular flexibility index (Phi) is 8.72.